The zero-order valence-corrected chi connectivity index (χ0v) is 28.8. The Morgan fingerprint density at radius 2 is 1.90 bits per heavy atom. The number of ether oxygens (including phenoxy) is 1. The minimum atomic E-state index is -4.61. The van der Waals surface area contributed by atoms with Crippen LogP contribution in [0, 0.1) is 6.92 Å². The van der Waals surface area contributed by atoms with Gasteiger partial charge >= 0.3 is 6.18 Å². The molecule has 2 aliphatic heterocycles. The Labute approximate surface area is 298 Å². The fraction of sp³-hybridized carbons (Fsp3) is 0.353. The normalized spacial score (nSPS) is 15.4. The molecular formula is C34H33ClF3N9O5. The summed E-state index contributed by atoms with van der Waals surface area (Å²) in [6.45, 7) is 5.01. The van der Waals surface area contributed by atoms with Gasteiger partial charge in [0.1, 0.15) is 17.7 Å². The van der Waals surface area contributed by atoms with E-state index in [-0.39, 0.29) is 72.1 Å². The first-order valence-corrected chi connectivity index (χ1v) is 16.9. The molecule has 52 heavy (non-hydrogen) atoms. The van der Waals surface area contributed by atoms with Crippen molar-refractivity contribution in [1.29, 1.82) is 0 Å². The van der Waals surface area contributed by atoms with Crippen molar-refractivity contribution >= 4 is 51.7 Å². The summed E-state index contributed by atoms with van der Waals surface area (Å²) in [5.41, 5.74) is 1.40. The van der Waals surface area contributed by atoms with Crippen molar-refractivity contribution in [2.24, 2.45) is 0 Å². The number of carbonyl (C=O) groups excluding carboxylic acids is 2. The standard InChI is InChI=1S/C34H33ClF3N9O5/c1-3-25-28(43-10-12-44(13-11-43)31(50)22-6-9-46-27(29(22)49)19(2)17-39-46)32(51)47-33(41-30(42-47)20-7-14-52-15-8-20)45(25)18-26(48)40-24-5-4-21(16-23(24)35)34(36,37)38/h4-7,9,16-17,49H,3,8,10-15,18H2,1-2H3,(H,40,48). The Morgan fingerprint density at radius 3 is 2.58 bits per heavy atom. The van der Waals surface area contributed by atoms with E-state index in [2.05, 4.69) is 20.5 Å². The van der Waals surface area contributed by atoms with Gasteiger partial charge in [0.05, 0.1) is 46.9 Å². The van der Waals surface area contributed by atoms with Gasteiger partial charge in [-0.2, -0.15) is 27.8 Å². The quantitative estimate of drug-likeness (QED) is 0.250. The topological polar surface area (TPSA) is 152 Å². The van der Waals surface area contributed by atoms with E-state index >= 15 is 0 Å². The highest BCUT2D eigenvalue weighted by molar-refractivity contribution is 6.33. The van der Waals surface area contributed by atoms with Gasteiger partial charge in [-0.15, -0.1) is 5.10 Å². The molecule has 0 aliphatic carbocycles. The van der Waals surface area contributed by atoms with Crippen LogP contribution in [0.5, 0.6) is 5.75 Å². The number of fused-ring (bicyclic) bond motifs is 2. The monoisotopic (exact) mass is 739 g/mol. The molecule has 18 heteroatoms. The molecule has 1 saturated heterocycles. The maximum Gasteiger partial charge on any atom is 0.416 e. The predicted molar refractivity (Wildman–Crippen MR) is 185 cm³/mol. The van der Waals surface area contributed by atoms with Crippen LogP contribution >= 0.6 is 11.6 Å². The highest BCUT2D eigenvalue weighted by atomic mass is 35.5. The largest absolute Gasteiger partial charge is 0.505 e. The van der Waals surface area contributed by atoms with Crippen molar-refractivity contribution in [3.8, 4) is 5.75 Å². The van der Waals surface area contributed by atoms with Gasteiger partial charge in [-0.3, -0.25) is 14.4 Å². The Morgan fingerprint density at radius 1 is 1.13 bits per heavy atom. The van der Waals surface area contributed by atoms with Gasteiger partial charge in [0.25, 0.3) is 11.5 Å². The highest BCUT2D eigenvalue weighted by Gasteiger charge is 2.32. The smallest absolute Gasteiger partial charge is 0.416 e. The van der Waals surface area contributed by atoms with Crippen LogP contribution in [0.1, 0.15) is 46.3 Å². The fourth-order valence-corrected chi connectivity index (χ4v) is 6.83. The van der Waals surface area contributed by atoms with E-state index < -0.39 is 23.2 Å². The number of pyridine rings is 1. The molecule has 2 N–H and O–H groups in total. The summed E-state index contributed by atoms with van der Waals surface area (Å²) in [5.74, 6) is -0.739. The Hall–Kier alpha value is -5.42. The number of piperazine rings is 1. The van der Waals surface area contributed by atoms with Crippen molar-refractivity contribution in [3.05, 3.63) is 86.3 Å². The van der Waals surface area contributed by atoms with Crippen LogP contribution in [0.15, 0.2) is 47.5 Å². The third-order valence-corrected chi connectivity index (χ3v) is 9.55. The maximum atomic E-state index is 14.2. The number of amides is 2. The summed E-state index contributed by atoms with van der Waals surface area (Å²) in [5, 5.41) is 21.9. The average molecular weight is 740 g/mol. The molecular weight excluding hydrogens is 707 g/mol. The average Bonchev–Trinajstić information content (AvgIpc) is 3.75. The lowest BCUT2D eigenvalue weighted by Gasteiger charge is -2.37. The van der Waals surface area contributed by atoms with Gasteiger partial charge in [0.2, 0.25) is 11.7 Å². The molecule has 0 radical (unpaired) electrons. The van der Waals surface area contributed by atoms with Crippen molar-refractivity contribution in [3.63, 3.8) is 0 Å². The van der Waals surface area contributed by atoms with E-state index in [1.54, 1.807) is 28.8 Å². The summed E-state index contributed by atoms with van der Waals surface area (Å²) < 4.78 is 49.3. The van der Waals surface area contributed by atoms with Gasteiger partial charge in [-0.25, -0.2) is 4.52 Å². The van der Waals surface area contributed by atoms with Crippen molar-refractivity contribution < 1.29 is 32.6 Å². The Bertz CT molecular complexity index is 2320. The van der Waals surface area contributed by atoms with Gasteiger partial charge in [-0.05, 0) is 55.2 Å². The number of carbonyl (C=O) groups is 2. The number of rotatable bonds is 7. The van der Waals surface area contributed by atoms with Crippen LogP contribution < -0.4 is 15.8 Å². The molecule has 14 nitrogen and oxygen atoms in total. The minimum Gasteiger partial charge on any atom is -0.505 e. The lowest BCUT2D eigenvalue weighted by Crippen LogP contribution is -2.51. The Balaban J connectivity index is 1.21. The Kier molecular flexibility index (Phi) is 9.16. The number of halogens is 4. The number of hydrogen-bond donors (Lipinski definition) is 2. The minimum absolute atomic E-state index is 0.0149. The molecule has 0 atom stereocenters. The number of aromatic hydroxyl groups is 1. The maximum absolute atomic E-state index is 14.2. The molecule has 1 fully saturated rings. The third-order valence-electron chi connectivity index (χ3n) is 9.24. The molecule has 4 aromatic heterocycles. The number of nitrogens with zero attached hydrogens (tertiary/aromatic N) is 8. The molecule has 1 aromatic carbocycles. The van der Waals surface area contributed by atoms with Crippen molar-refractivity contribution in [1.82, 2.24) is 33.7 Å². The number of nitrogens with one attached hydrogen (secondary N) is 1. The van der Waals surface area contributed by atoms with E-state index in [1.165, 1.54) is 10.6 Å². The van der Waals surface area contributed by atoms with Gasteiger partial charge in [0, 0.05) is 32.4 Å². The molecule has 7 rings (SSSR count). The first kappa shape index (κ1) is 35.0. The summed E-state index contributed by atoms with van der Waals surface area (Å²) in [6, 6.07) is 4.16. The number of alkyl halides is 3. The van der Waals surface area contributed by atoms with E-state index in [0.717, 1.165) is 33.9 Å². The molecule has 2 aliphatic rings. The van der Waals surface area contributed by atoms with E-state index in [0.29, 0.717) is 43.1 Å². The zero-order valence-electron chi connectivity index (χ0n) is 28.1. The van der Waals surface area contributed by atoms with E-state index in [1.807, 2.05) is 17.9 Å². The lowest BCUT2D eigenvalue weighted by molar-refractivity contribution is -0.137. The second-order valence-corrected chi connectivity index (χ2v) is 12.9. The molecule has 5 aromatic rings. The number of aromatic nitrogens is 6. The van der Waals surface area contributed by atoms with Crippen LogP contribution in [0.2, 0.25) is 5.02 Å². The number of benzene rings is 1. The SMILES string of the molecule is CCc1c(N2CCN(C(=O)c3ccn4ncc(C)c4c3O)CC2)c(=O)n2nc(C3=CCOCC3)nc2n1CC(=O)Nc1ccc(C(F)(F)F)cc1Cl. The van der Waals surface area contributed by atoms with Crippen LogP contribution in [0.25, 0.3) is 16.9 Å². The molecule has 272 valence electrons. The molecule has 6 heterocycles. The van der Waals surface area contributed by atoms with Crippen LogP contribution in [0.4, 0.5) is 24.5 Å². The first-order chi connectivity index (χ1) is 24.8. The second kappa shape index (κ2) is 13.6. The van der Waals surface area contributed by atoms with E-state index in [4.69, 9.17) is 16.3 Å². The predicted octanol–water partition coefficient (Wildman–Crippen LogP) is 4.19. The van der Waals surface area contributed by atoms with Gasteiger partial charge in [-0.1, -0.05) is 24.6 Å². The van der Waals surface area contributed by atoms with Crippen molar-refractivity contribution in [2.75, 3.05) is 49.6 Å². The molecule has 0 spiro atoms. The zero-order chi connectivity index (χ0) is 36.9. The number of aryl methyl sites for hydroxylation is 1. The summed E-state index contributed by atoms with van der Waals surface area (Å²) in [7, 11) is 0. The first-order valence-electron chi connectivity index (χ1n) is 16.5. The summed E-state index contributed by atoms with van der Waals surface area (Å²) in [4.78, 5) is 49.4. The second-order valence-electron chi connectivity index (χ2n) is 12.5. The number of hydrogen-bond acceptors (Lipinski definition) is 9. The summed E-state index contributed by atoms with van der Waals surface area (Å²) >= 11 is 6.12. The lowest BCUT2D eigenvalue weighted by atomic mass is 10.1. The summed E-state index contributed by atoms with van der Waals surface area (Å²) in [6.07, 6.45) is 1.24. The van der Waals surface area contributed by atoms with Gasteiger partial charge in [0.15, 0.2) is 11.6 Å². The van der Waals surface area contributed by atoms with Crippen LogP contribution in [-0.4, -0.2) is 90.0 Å². The molecule has 0 saturated carbocycles. The fourth-order valence-electron chi connectivity index (χ4n) is 6.61. The third kappa shape index (κ3) is 6.34. The van der Waals surface area contributed by atoms with Gasteiger partial charge < -0.3 is 29.5 Å². The highest BCUT2D eigenvalue weighted by Crippen LogP contribution is 2.34. The molecule has 0 unspecified atom stereocenters. The van der Waals surface area contributed by atoms with E-state index in [9.17, 15) is 32.7 Å². The molecule has 2 amide bonds. The van der Waals surface area contributed by atoms with Crippen LogP contribution in [-0.2, 0) is 28.7 Å². The van der Waals surface area contributed by atoms with Crippen LogP contribution in [0.3, 0.4) is 0 Å². The molecule has 0 bridgehead atoms. The van der Waals surface area contributed by atoms with Crippen molar-refractivity contribution in [2.45, 2.75) is 39.4 Å². The number of anilines is 2.